The molecule has 0 bridgehead atoms. The van der Waals surface area contributed by atoms with Gasteiger partial charge in [-0.05, 0) is 38.3 Å². The predicted octanol–water partition coefficient (Wildman–Crippen LogP) is 3.66. The number of hydrogen-bond donors (Lipinski definition) is 1. The fraction of sp³-hybridized carbons (Fsp3) is 0.474. The highest BCUT2D eigenvalue weighted by Gasteiger charge is 2.29. The molecule has 6 heteroatoms. The Bertz CT molecular complexity index is 729. The number of likely N-dealkylation sites (tertiary alicyclic amines) is 1. The second-order valence-corrected chi connectivity index (χ2v) is 7.01. The molecule has 0 saturated carbocycles. The van der Waals surface area contributed by atoms with E-state index < -0.39 is 0 Å². The van der Waals surface area contributed by atoms with Crippen molar-refractivity contribution in [1.82, 2.24) is 9.88 Å². The van der Waals surface area contributed by atoms with Gasteiger partial charge in [-0.15, -0.1) is 0 Å². The van der Waals surface area contributed by atoms with Crippen molar-refractivity contribution in [1.29, 1.82) is 0 Å². The summed E-state index contributed by atoms with van der Waals surface area (Å²) in [5.74, 6) is 1.30. The number of carbonyl (C=O) groups excluding carboxylic acids is 1. The highest BCUT2D eigenvalue weighted by Crippen LogP contribution is 2.28. The summed E-state index contributed by atoms with van der Waals surface area (Å²) >= 11 is 6.18. The second-order valence-electron chi connectivity index (χ2n) is 6.61. The Kier molecular flexibility index (Phi) is 5.76. The summed E-state index contributed by atoms with van der Waals surface area (Å²) in [5.41, 5.74) is 6.85. The van der Waals surface area contributed by atoms with Gasteiger partial charge in [-0.1, -0.05) is 23.7 Å². The third kappa shape index (κ3) is 4.22. The molecule has 1 aliphatic heterocycles. The number of benzene rings is 1. The SMILES string of the molecule is CC(N)C1CCCCN1C(=O)CCc1ncc(-c2ccccc2Cl)o1. The first-order valence-corrected chi connectivity index (χ1v) is 9.18. The Hall–Kier alpha value is -1.85. The number of rotatable bonds is 5. The topological polar surface area (TPSA) is 72.4 Å². The van der Waals surface area contributed by atoms with Crippen molar-refractivity contribution in [3.05, 3.63) is 41.4 Å². The molecule has 1 aromatic carbocycles. The lowest BCUT2D eigenvalue weighted by Crippen LogP contribution is -2.51. The minimum Gasteiger partial charge on any atom is -0.441 e. The predicted molar refractivity (Wildman–Crippen MR) is 98.3 cm³/mol. The zero-order valence-electron chi connectivity index (χ0n) is 14.5. The normalized spacial score (nSPS) is 19.0. The average molecular weight is 362 g/mol. The van der Waals surface area contributed by atoms with Crippen molar-refractivity contribution in [2.24, 2.45) is 5.73 Å². The molecule has 2 atom stereocenters. The Labute approximate surface area is 153 Å². The van der Waals surface area contributed by atoms with Crippen LogP contribution in [-0.2, 0) is 11.2 Å². The van der Waals surface area contributed by atoms with Crippen LogP contribution < -0.4 is 5.73 Å². The lowest BCUT2D eigenvalue weighted by molar-refractivity contribution is -0.135. The maximum Gasteiger partial charge on any atom is 0.223 e. The number of aromatic nitrogens is 1. The summed E-state index contributed by atoms with van der Waals surface area (Å²) in [6, 6.07) is 7.61. The highest BCUT2D eigenvalue weighted by atomic mass is 35.5. The van der Waals surface area contributed by atoms with E-state index in [-0.39, 0.29) is 18.0 Å². The van der Waals surface area contributed by atoms with E-state index in [0.717, 1.165) is 31.4 Å². The zero-order valence-corrected chi connectivity index (χ0v) is 15.2. The third-order valence-electron chi connectivity index (χ3n) is 4.72. The van der Waals surface area contributed by atoms with Gasteiger partial charge in [0.2, 0.25) is 5.91 Å². The number of carbonyl (C=O) groups is 1. The molecule has 2 N–H and O–H groups in total. The van der Waals surface area contributed by atoms with E-state index in [0.29, 0.717) is 29.5 Å². The molecule has 1 saturated heterocycles. The Balaban J connectivity index is 1.62. The largest absolute Gasteiger partial charge is 0.441 e. The first-order chi connectivity index (χ1) is 12.1. The van der Waals surface area contributed by atoms with E-state index in [1.54, 1.807) is 6.20 Å². The minimum atomic E-state index is -0.00203. The number of nitrogens with two attached hydrogens (primary N) is 1. The molecule has 2 heterocycles. The number of halogens is 1. The molecule has 3 rings (SSSR count). The smallest absolute Gasteiger partial charge is 0.223 e. The van der Waals surface area contributed by atoms with Crippen LogP contribution in [0.4, 0.5) is 0 Å². The Morgan fingerprint density at radius 3 is 3.00 bits per heavy atom. The van der Waals surface area contributed by atoms with E-state index in [9.17, 15) is 4.79 Å². The fourth-order valence-electron chi connectivity index (χ4n) is 3.38. The van der Waals surface area contributed by atoms with Gasteiger partial charge in [-0.3, -0.25) is 4.79 Å². The lowest BCUT2D eigenvalue weighted by atomic mass is 9.96. The maximum atomic E-state index is 12.6. The van der Waals surface area contributed by atoms with Gasteiger partial charge in [-0.25, -0.2) is 4.98 Å². The van der Waals surface area contributed by atoms with Crippen molar-refractivity contribution < 1.29 is 9.21 Å². The highest BCUT2D eigenvalue weighted by molar-refractivity contribution is 6.33. The van der Waals surface area contributed by atoms with Gasteiger partial charge in [-0.2, -0.15) is 0 Å². The fourth-order valence-corrected chi connectivity index (χ4v) is 3.61. The van der Waals surface area contributed by atoms with Gasteiger partial charge in [0.1, 0.15) is 0 Å². The van der Waals surface area contributed by atoms with Gasteiger partial charge < -0.3 is 15.1 Å². The number of hydrogen-bond acceptors (Lipinski definition) is 4. The molecule has 5 nitrogen and oxygen atoms in total. The van der Waals surface area contributed by atoms with Crippen LogP contribution in [0.25, 0.3) is 11.3 Å². The summed E-state index contributed by atoms with van der Waals surface area (Å²) in [6.45, 7) is 2.77. The average Bonchev–Trinajstić information content (AvgIpc) is 3.08. The molecule has 2 aromatic rings. The van der Waals surface area contributed by atoms with Crippen LogP contribution in [0.3, 0.4) is 0 Å². The summed E-state index contributed by atoms with van der Waals surface area (Å²) < 4.78 is 5.77. The van der Waals surface area contributed by atoms with E-state index >= 15 is 0 Å². The van der Waals surface area contributed by atoms with Crippen LogP contribution in [0, 0.1) is 0 Å². The van der Waals surface area contributed by atoms with Gasteiger partial charge in [0, 0.05) is 37.0 Å². The molecule has 0 aliphatic carbocycles. The standard InChI is InChI=1S/C19H24ClN3O2/c1-13(21)16-8-4-5-11-23(16)19(24)10-9-18-22-12-17(25-18)14-6-2-3-7-15(14)20/h2-3,6-7,12-13,16H,4-5,8-11,21H2,1H3. The van der Waals surface area contributed by atoms with Crippen molar-refractivity contribution in [3.8, 4) is 11.3 Å². The number of nitrogens with zero attached hydrogens (tertiary/aromatic N) is 2. The Morgan fingerprint density at radius 1 is 1.44 bits per heavy atom. The minimum absolute atomic E-state index is 0.00203. The first-order valence-electron chi connectivity index (χ1n) is 8.81. The molecular weight excluding hydrogens is 338 g/mol. The van der Waals surface area contributed by atoms with E-state index in [1.807, 2.05) is 36.1 Å². The molecule has 1 aliphatic rings. The molecule has 25 heavy (non-hydrogen) atoms. The van der Waals surface area contributed by atoms with Gasteiger partial charge in [0.15, 0.2) is 11.7 Å². The maximum absolute atomic E-state index is 12.6. The number of piperidine rings is 1. The number of oxazole rings is 1. The molecule has 134 valence electrons. The first kappa shape index (κ1) is 18.0. The molecule has 1 aromatic heterocycles. The van der Waals surface area contributed by atoms with Crippen LogP contribution in [-0.4, -0.2) is 34.4 Å². The molecular formula is C19H24ClN3O2. The van der Waals surface area contributed by atoms with E-state index in [4.69, 9.17) is 21.8 Å². The number of amides is 1. The lowest BCUT2D eigenvalue weighted by Gasteiger charge is -2.38. The second kappa shape index (κ2) is 8.02. The van der Waals surface area contributed by atoms with Crippen LogP contribution in [0.5, 0.6) is 0 Å². The van der Waals surface area contributed by atoms with Gasteiger partial charge in [0.25, 0.3) is 0 Å². The molecule has 1 amide bonds. The Morgan fingerprint density at radius 2 is 2.24 bits per heavy atom. The number of aryl methyl sites for hydroxylation is 1. The van der Waals surface area contributed by atoms with Crippen LogP contribution in [0.1, 0.15) is 38.5 Å². The summed E-state index contributed by atoms with van der Waals surface area (Å²) in [4.78, 5) is 18.8. The third-order valence-corrected chi connectivity index (χ3v) is 5.05. The molecule has 0 radical (unpaired) electrons. The molecule has 0 spiro atoms. The molecule has 2 unspecified atom stereocenters. The van der Waals surface area contributed by atoms with Crippen molar-refractivity contribution in [3.63, 3.8) is 0 Å². The van der Waals surface area contributed by atoms with E-state index in [2.05, 4.69) is 4.98 Å². The van der Waals surface area contributed by atoms with Crippen molar-refractivity contribution in [2.75, 3.05) is 6.54 Å². The quantitative estimate of drug-likeness (QED) is 0.882. The van der Waals surface area contributed by atoms with Crippen molar-refractivity contribution >= 4 is 17.5 Å². The monoisotopic (exact) mass is 361 g/mol. The van der Waals surface area contributed by atoms with Crippen LogP contribution >= 0.6 is 11.6 Å². The zero-order chi connectivity index (χ0) is 17.8. The van der Waals surface area contributed by atoms with Crippen LogP contribution in [0.15, 0.2) is 34.9 Å². The van der Waals surface area contributed by atoms with Gasteiger partial charge in [0.05, 0.1) is 11.2 Å². The summed E-state index contributed by atoms with van der Waals surface area (Å²) in [7, 11) is 0. The van der Waals surface area contributed by atoms with Crippen molar-refractivity contribution in [2.45, 2.75) is 51.1 Å². The van der Waals surface area contributed by atoms with Crippen LogP contribution in [0.2, 0.25) is 5.02 Å². The summed E-state index contributed by atoms with van der Waals surface area (Å²) in [5, 5.41) is 0.620. The summed E-state index contributed by atoms with van der Waals surface area (Å²) in [6.07, 6.45) is 5.68. The van der Waals surface area contributed by atoms with Gasteiger partial charge >= 0.3 is 0 Å². The van der Waals surface area contributed by atoms with E-state index in [1.165, 1.54) is 0 Å². The molecule has 1 fully saturated rings.